The molecule has 0 aliphatic rings. The molecule has 0 saturated carbocycles. The predicted octanol–water partition coefficient (Wildman–Crippen LogP) is 4.61. The Labute approximate surface area is 151 Å². The SMILES string of the molecule is Cc1cc(Cl)ccc1OCCCC(=O)N/N=C/c1ccccc1Cl. The molecule has 0 unspecified atom stereocenters. The molecular formula is C18H18Cl2N2O2. The van der Waals surface area contributed by atoms with Crippen LogP contribution in [0.15, 0.2) is 47.6 Å². The van der Waals surface area contributed by atoms with Crippen LogP contribution in [0.3, 0.4) is 0 Å². The number of carbonyl (C=O) groups excluding carboxylic acids is 1. The number of ether oxygens (including phenoxy) is 1. The molecule has 0 aliphatic heterocycles. The molecule has 0 radical (unpaired) electrons. The van der Waals surface area contributed by atoms with E-state index in [0.29, 0.717) is 29.5 Å². The lowest BCUT2D eigenvalue weighted by molar-refractivity contribution is -0.121. The summed E-state index contributed by atoms with van der Waals surface area (Å²) in [5, 5.41) is 5.16. The molecule has 0 saturated heterocycles. The van der Waals surface area contributed by atoms with Gasteiger partial charge in [0.25, 0.3) is 0 Å². The number of nitrogens with zero attached hydrogens (tertiary/aromatic N) is 1. The highest BCUT2D eigenvalue weighted by molar-refractivity contribution is 6.33. The Hall–Kier alpha value is -2.04. The minimum absolute atomic E-state index is 0.172. The van der Waals surface area contributed by atoms with E-state index < -0.39 is 0 Å². The second kappa shape index (κ2) is 9.30. The molecule has 0 aliphatic carbocycles. The summed E-state index contributed by atoms with van der Waals surface area (Å²) in [6.07, 6.45) is 2.44. The molecule has 0 spiro atoms. The van der Waals surface area contributed by atoms with E-state index >= 15 is 0 Å². The van der Waals surface area contributed by atoms with Crippen LogP contribution in [-0.4, -0.2) is 18.7 Å². The number of aryl methyl sites for hydroxylation is 1. The number of nitrogens with one attached hydrogen (secondary N) is 1. The quantitative estimate of drug-likeness (QED) is 0.443. The molecule has 2 aromatic carbocycles. The summed E-state index contributed by atoms with van der Waals surface area (Å²) >= 11 is 11.9. The van der Waals surface area contributed by atoms with E-state index in [-0.39, 0.29) is 5.91 Å². The van der Waals surface area contributed by atoms with Gasteiger partial charge >= 0.3 is 0 Å². The van der Waals surface area contributed by atoms with Crippen molar-refractivity contribution in [3.05, 3.63) is 63.6 Å². The van der Waals surface area contributed by atoms with Crippen LogP contribution in [0, 0.1) is 6.92 Å². The smallest absolute Gasteiger partial charge is 0.240 e. The van der Waals surface area contributed by atoms with E-state index in [2.05, 4.69) is 10.5 Å². The van der Waals surface area contributed by atoms with Crippen LogP contribution in [0.5, 0.6) is 5.75 Å². The van der Waals surface area contributed by atoms with E-state index in [1.807, 2.05) is 37.3 Å². The van der Waals surface area contributed by atoms with Gasteiger partial charge in [0.15, 0.2) is 0 Å². The third-order valence-electron chi connectivity index (χ3n) is 3.24. The minimum atomic E-state index is -0.172. The molecule has 126 valence electrons. The van der Waals surface area contributed by atoms with Gasteiger partial charge in [-0.2, -0.15) is 5.10 Å². The Morgan fingerprint density at radius 2 is 2.04 bits per heavy atom. The zero-order valence-electron chi connectivity index (χ0n) is 13.3. The fourth-order valence-corrected chi connectivity index (χ4v) is 2.41. The normalized spacial score (nSPS) is 10.8. The third-order valence-corrected chi connectivity index (χ3v) is 3.82. The van der Waals surface area contributed by atoms with Gasteiger partial charge in [0.1, 0.15) is 5.75 Å². The number of carbonyl (C=O) groups is 1. The summed E-state index contributed by atoms with van der Waals surface area (Å²) in [6.45, 7) is 2.38. The van der Waals surface area contributed by atoms with Crippen molar-refractivity contribution in [1.29, 1.82) is 0 Å². The molecular weight excluding hydrogens is 347 g/mol. The standard InChI is InChI=1S/C18H18Cl2N2O2/c1-13-11-15(19)8-9-17(13)24-10-4-7-18(23)22-21-12-14-5-2-3-6-16(14)20/h2-3,5-6,8-9,11-12H,4,7,10H2,1H3,(H,22,23)/b21-12+. The van der Waals surface area contributed by atoms with Crippen molar-refractivity contribution >= 4 is 35.3 Å². The number of halogens is 2. The van der Waals surface area contributed by atoms with E-state index in [9.17, 15) is 4.79 Å². The first-order chi connectivity index (χ1) is 11.6. The number of hydrogen-bond donors (Lipinski definition) is 1. The highest BCUT2D eigenvalue weighted by Crippen LogP contribution is 2.21. The van der Waals surface area contributed by atoms with Crippen molar-refractivity contribution in [2.75, 3.05) is 6.61 Å². The van der Waals surface area contributed by atoms with Crippen molar-refractivity contribution in [3.63, 3.8) is 0 Å². The first-order valence-corrected chi connectivity index (χ1v) is 8.27. The largest absolute Gasteiger partial charge is 0.493 e. The molecule has 24 heavy (non-hydrogen) atoms. The van der Waals surface area contributed by atoms with Gasteiger partial charge in [0.05, 0.1) is 12.8 Å². The molecule has 4 nitrogen and oxygen atoms in total. The first kappa shape index (κ1) is 18.3. The topological polar surface area (TPSA) is 50.7 Å². The Morgan fingerprint density at radius 1 is 1.25 bits per heavy atom. The minimum Gasteiger partial charge on any atom is -0.493 e. The summed E-state index contributed by atoms with van der Waals surface area (Å²) < 4.78 is 5.64. The van der Waals surface area contributed by atoms with Crippen molar-refractivity contribution in [2.24, 2.45) is 5.10 Å². The maximum absolute atomic E-state index is 11.7. The van der Waals surface area contributed by atoms with Crippen LogP contribution >= 0.6 is 23.2 Å². The zero-order valence-corrected chi connectivity index (χ0v) is 14.8. The third kappa shape index (κ3) is 5.87. The Balaban J connectivity index is 1.69. The number of rotatable bonds is 7. The van der Waals surface area contributed by atoms with Gasteiger partial charge in [-0.05, 0) is 43.2 Å². The summed E-state index contributed by atoms with van der Waals surface area (Å²) in [5.41, 5.74) is 4.19. The van der Waals surface area contributed by atoms with E-state index in [1.165, 1.54) is 6.21 Å². The molecule has 0 aromatic heterocycles. The lowest BCUT2D eigenvalue weighted by Crippen LogP contribution is -2.18. The highest BCUT2D eigenvalue weighted by Gasteiger charge is 2.03. The number of hydrogen-bond acceptors (Lipinski definition) is 3. The second-order valence-corrected chi connectivity index (χ2v) is 6.02. The maximum atomic E-state index is 11.7. The van der Waals surface area contributed by atoms with E-state index in [0.717, 1.165) is 16.9 Å². The molecule has 6 heteroatoms. The Morgan fingerprint density at radius 3 is 2.79 bits per heavy atom. The fraction of sp³-hybridized carbons (Fsp3) is 0.222. The average Bonchev–Trinajstić information content (AvgIpc) is 2.55. The number of benzene rings is 2. The van der Waals surface area contributed by atoms with E-state index in [1.54, 1.807) is 12.1 Å². The molecule has 0 atom stereocenters. The molecule has 0 fully saturated rings. The van der Waals surface area contributed by atoms with Gasteiger partial charge in [-0.1, -0.05) is 41.4 Å². The van der Waals surface area contributed by atoms with Gasteiger partial charge in [0, 0.05) is 22.0 Å². The zero-order chi connectivity index (χ0) is 17.4. The summed E-state index contributed by atoms with van der Waals surface area (Å²) in [4.78, 5) is 11.7. The molecule has 2 aromatic rings. The van der Waals surface area contributed by atoms with E-state index in [4.69, 9.17) is 27.9 Å². The van der Waals surface area contributed by atoms with Crippen LogP contribution in [0.1, 0.15) is 24.0 Å². The fourth-order valence-electron chi connectivity index (χ4n) is 2.00. The number of amides is 1. The van der Waals surface area contributed by atoms with Gasteiger partial charge in [-0.3, -0.25) is 4.79 Å². The molecule has 2 rings (SSSR count). The molecule has 0 bridgehead atoms. The first-order valence-electron chi connectivity index (χ1n) is 7.51. The lowest BCUT2D eigenvalue weighted by Gasteiger charge is -2.08. The Kier molecular flexibility index (Phi) is 7.09. The van der Waals surface area contributed by atoms with Gasteiger partial charge in [-0.15, -0.1) is 0 Å². The number of hydrazone groups is 1. The Bertz CT molecular complexity index is 733. The van der Waals surface area contributed by atoms with Gasteiger partial charge < -0.3 is 4.74 Å². The van der Waals surface area contributed by atoms with Crippen LogP contribution in [0.4, 0.5) is 0 Å². The maximum Gasteiger partial charge on any atom is 0.240 e. The highest BCUT2D eigenvalue weighted by atomic mass is 35.5. The van der Waals surface area contributed by atoms with Crippen molar-refractivity contribution in [3.8, 4) is 5.75 Å². The molecule has 1 amide bonds. The van der Waals surface area contributed by atoms with Crippen LogP contribution < -0.4 is 10.2 Å². The van der Waals surface area contributed by atoms with Gasteiger partial charge in [0.2, 0.25) is 5.91 Å². The van der Waals surface area contributed by atoms with Crippen molar-refractivity contribution in [1.82, 2.24) is 5.43 Å². The van der Waals surface area contributed by atoms with Crippen LogP contribution in [0.2, 0.25) is 10.0 Å². The van der Waals surface area contributed by atoms with Crippen molar-refractivity contribution < 1.29 is 9.53 Å². The van der Waals surface area contributed by atoms with Crippen LogP contribution in [0.25, 0.3) is 0 Å². The average molecular weight is 365 g/mol. The van der Waals surface area contributed by atoms with Crippen molar-refractivity contribution in [2.45, 2.75) is 19.8 Å². The van der Waals surface area contributed by atoms with Gasteiger partial charge in [-0.25, -0.2) is 5.43 Å². The summed E-state index contributed by atoms with van der Waals surface area (Å²) in [7, 11) is 0. The summed E-state index contributed by atoms with van der Waals surface area (Å²) in [6, 6.07) is 12.7. The molecule has 1 N–H and O–H groups in total. The second-order valence-electron chi connectivity index (χ2n) is 5.18. The van der Waals surface area contributed by atoms with Crippen LogP contribution in [-0.2, 0) is 4.79 Å². The predicted molar refractivity (Wildman–Crippen MR) is 98.1 cm³/mol. The lowest BCUT2D eigenvalue weighted by atomic mass is 10.2. The summed E-state index contributed by atoms with van der Waals surface area (Å²) in [5.74, 6) is 0.603. The molecule has 0 heterocycles. The monoisotopic (exact) mass is 364 g/mol.